The van der Waals surface area contributed by atoms with Gasteiger partial charge in [-0.05, 0) is 37.1 Å². The molecular weight excluding hydrogens is 306 g/mol. The number of hydrogen-bond donors (Lipinski definition) is 2. The van der Waals surface area contributed by atoms with Gasteiger partial charge >= 0.3 is 0 Å². The van der Waals surface area contributed by atoms with Gasteiger partial charge < -0.3 is 15.2 Å². The van der Waals surface area contributed by atoms with Crippen molar-refractivity contribution in [1.29, 1.82) is 0 Å². The second kappa shape index (κ2) is 8.21. The van der Waals surface area contributed by atoms with Gasteiger partial charge in [0.25, 0.3) is 6.43 Å². The molecule has 1 aromatic rings. The lowest BCUT2D eigenvalue weighted by Crippen LogP contribution is -2.39. The summed E-state index contributed by atoms with van der Waals surface area (Å²) in [6, 6.07) is 6.90. The monoisotopic (exact) mass is 328 g/mol. The van der Waals surface area contributed by atoms with Crippen molar-refractivity contribution < 1.29 is 23.4 Å². The van der Waals surface area contributed by atoms with E-state index in [0.29, 0.717) is 11.4 Å². The van der Waals surface area contributed by atoms with Gasteiger partial charge in [0.1, 0.15) is 18.5 Å². The fourth-order valence-corrected chi connectivity index (χ4v) is 2.34. The highest BCUT2D eigenvalue weighted by atomic mass is 19.3. The van der Waals surface area contributed by atoms with Gasteiger partial charge in [0, 0.05) is 25.2 Å². The van der Waals surface area contributed by atoms with Gasteiger partial charge in [-0.15, -0.1) is 0 Å². The van der Waals surface area contributed by atoms with Crippen LogP contribution in [0.4, 0.5) is 14.5 Å². The number of carbonyl (C=O) groups excluding carboxylic acids is 1. The van der Waals surface area contributed by atoms with Crippen LogP contribution in [0.1, 0.15) is 19.8 Å². The quantitative estimate of drug-likeness (QED) is 0.729. The second-order valence-corrected chi connectivity index (χ2v) is 5.75. The van der Waals surface area contributed by atoms with Gasteiger partial charge in [0.05, 0.1) is 6.54 Å². The molecular formula is C16H22F2N2O3. The third-order valence-electron chi connectivity index (χ3n) is 3.50. The molecule has 1 atom stereocenters. The van der Waals surface area contributed by atoms with Gasteiger partial charge in [0.2, 0.25) is 5.91 Å². The Bertz CT molecular complexity index is 507. The Balaban J connectivity index is 1.76. The van der Waals surface area contributed by atoms with Crippen molar-refractivity contribution in [2.24, 2.45) is 0 Å². The number of ether oxygens (including phenoxy) is 1. The maximum absolute atomic E-state index is 12.5. The molecule has 1 saturated carbocycles. The summed E-state index contributed by atoms with van der Waals surface area (Å²) >= 11 is 0. The lowest BCUT2D eigenvalue weighted by molar-refractivity contribution is -0.114. The average molecular weight is 328 g/mol. The first-order chi connectivity index (χ1) is 10.9. The van der Waals surface area contributed by atoms with Crippen molar-refractivity contribution in [3.8, 4) is 5.75 Å². The molecule has 2 rings (SSSR count). The molecule has 1 unspecified atom stereocenters. The van der Waals surface area contributed by atoms with Crippen LogP contribution in [0.15, 0.2) is 24.3 Å². The van der Waals surface area contributed by atoms with Crippen molar-refractivity contribution in [3.63, 3.8) is 0 Å². The zero-order chi connectivity index (χ0) is 16.8. The minimum atomic E-state index is -2.40. The number of aliphatic hydroxyl groups excluding tert-OH is 1. The molecule has 0 aliphatic heterocycles. The summed E-state index contributed by atoms with van der Waals surface area (Å²) in [6.45, 7) is 1.32. The Morgan fingerprint density at radius 1 is 1.35 bits per heavy atom. The minimum Gasteiger partial charge on any atom is -0.491 e. The molecule has 0 radical (unpaired) electrons. The van der Waals surface area contributed by atoms with E-state index in [0.717, 1.165) is 12.8 Å². The third kappa shape index (κ3) is 6.50. The fraction of sp³-hybridized carbons (Fsp3) is 0.562. The molecule has 0 aromatic heterocycles. The summed E-state index contributed by atoms with van der Waals surface area (Å²) in [5, 5.41) is 12.6. The highest BCUT2D eigenvalue weighted by Gasteiger charge is 2.31. The molecule has 0 heterocycles. The zero-order valence-corrected chi connectivity index (χ0v) is 13.0. The van der Waals surface area contributed by atoms with Crippen LogP contribution >= 0.6 is 0 Å². The largest absolute Gasteiger partial charge is 0.491 e. The molecule has 1 fully saturated rings. The smallest absolute Gasteiger partial charge is 0.251 e. The van der Waals surface area contributed by atoms with Crippen LogP contribution in [0, 0.1) is 0 Å². The van der Waals surface area contributed by atoms with E-state index >= 15 is 0 Å². The maximum Gasteiger partial charge on any atom is 0.251 e. The van der Waals surface area contributed by atoms with Crippen LogP contribution in [0.5, 0.6) is 5.75 Å². The number of anilines is 1. The molecule has 5 nitrogen and oxygen atoms in total. The molecule has 1 aliphatic rings. The lowest BCUT2D eigenvalue weighted by atomic mass is 10.3. The van der Waals surface area contributed by atoms with Crippen LogP contribution in [0.25, 0.3) is 0 Å². The fourth-order valence-electron chi connectivity index (χ4n) is 2.34. The summed E-state index contributed by atoms with van der Waals surface area (Å²) in [5.41, 5.74) is 0.655. The van der Waals surface area contributed by atoms with Gasteiger partial charge in [-0.1, -0.05) is 0 Å². The normalized spacial score (nSPS) is 15.7. The molecule has 0 bridgehead atoms. The van der Waals surface area contributed by atoms with Crippen molar-refractivity contribution in [3.05, 3.63) is 24.3 Å². The molecule has 1 aliphatic carbocycles. The van der Waals surface area contributed by atoms with E-state index < -0.39 is 12.5 Å². The van der Waals surface area contributed by atoms with Gasteiger partial charge in [-0.25, -0.2) is 8.78 Å². The Labute approximate surface area is 134 Å². The number of carbonyl (C=O) groups is 1. The van der Waals surface area contributed by atoms with Gasteiger partial charge in [-0.3, -0.25) is 9.69 Å². The molecule has 0 saturated heterocycles. The highest BCUT2D eigenvalue weighted by Crippen LogP contribution is 2.27. The predicted molar refractivity (Wildman–Crippen MR) is 82.8 cm³/mol. The highest BCUT2D eigenvalue weighted by molar-refractivity contribution is 5.88. The SMILES string of the molecule is CC(=O)Nc1ccc(OCC(O)CN(CC(F)F)C2CC2)cc1. The van der Waals surface area contributed by atoms with Gasteiger partial charge in [-0.2, -0.15) is 0 Å². The first kappa shape index (κ1) is 17.6. The number of benzene rings is 1. The van der Waals surface area contributed by atoms with E-state index in [-0.39, 0.29) is 31.6 Å². The molecule has 0 spiro atoms. The number of nitrogens with zero attached hydrogens (tertiary/aromatic N) is 1. The van der Waals surface area contributed by atoms with Crippen LogP contribution in [-0.4, -0.2) is 54.2 Å². The number of amides is 1. The summed E-state index contributed by atoms with van der Waals surface area (Å²) in [5.74, 6) is 0.387. The van der Waals surface area contributed by atoms with Crippen LogP contribution in [0.3, 0.4) is 0 Å². The summed E-state index contributed by atoms with van der Waals surface area (Å²) < 4.78 is 30.5. The van der Waals surface area contributed by atoms with Crippen molar-refractivity contribution in [2.75, 3.05) is 25.0 Å². The number of aliphatic hydroxyl groups is 1. The number of rotatable bonds is 9. The lowest BCUT2D eigenvalue weighted by Gasteiger charge is -2.24. The van der Waals surface area contributed by atoms with E-state index in [1.54, 1.807) is 29.2 Å². The Morgan fingerprint density at radius 2 is 2.00 bits per heavy atom. The van der Waals surface area contributed by atoms with Crippen molar-refractivity contribution in [2.45, 2.75) is 38.3 Å². The zero-order valence-electron chi connectivity index (χ0n) is 13.0. The summed E-state index contributed by atoms with van der Waals surface area (Å²) in [4.78, 5) is 12.5. The predicted octanol–water partition coefficient (Wildman–Crippen LogP) is 2.11. The average Bonchev–Trinajstić information content (AvgIpc) is 3.29. The molecule has 1 aromatic carbocycles. The molecule has 7 heteroatoms. The minimum absolute atomic E-state index is 0.0337. The second-order valence-electron chi connectivity index (χ2n) is 5.75. The molecule has 2 N–H and O–H groups in total. The molecule has 23 heavy (non-hydrogen) atoms. The van der Waals surface area contributed by atoms with E-state index in [1.165, 1.54) is 6.92 Å². The van der Waals surface area contributed by atoms with Crippen LogP contribution in [0.2, 0.25) is 0 Å². The van der Waals surface area contributed by atoms with Crippen molar-refractivity contribution in [1.82, 2.24) is 4.90 Å². The Kier molecular flexibility index (Phi) is 6.29. The molecule has 128 valence electrons. The summed E-state index contributed by atoms with van der Waals surface area (Å²) in [7, 11) is 0. The number of alkyl halides is 2. The van der Waals surface area contributed by atoms with Crippen molar-refractivity contribution >= 4 is 11.6 Å². The van der Waals surface area contributed by atoms with Crippen LogP contribution < -0.4 is 10.1 Å². The Morgan fingerprint density at radius 3 is 2.52 bits per heavy atom. The summed E-state index contributed by atoms with van der Waals surface area (Å²) in [6.07, 6.45) is -1.41. The Hall–Kier alpha value is -1.73. The van der Waals surface area contributed by atoms with E-state index in [9.17, 15) is 18.7 Å². The first-order valence-corrected chi connectivity index (χ1v) is 7.64. The standard InChI is InChI=1S/C16H22F2N2O3/c1-11(21)19-12-2-6-15(7-3-12)23-10-14(22)8-20(9-16(17)18)13-4-5-13/h2-3,6-7,13-14,16,22H,4-5,8-10H2,1H3,(H,19,21). The number of hydrogen-bond acceptors (Lipinski definition) is 4. The topological polar surface area (TPSA) is 61.8 Å². The third-order valence-corrected chi connectivity index (χ3v) is 3.50. The maximum atomic E-state index is 12.5. The number of nitrogens with one attached hydrogen (secondary N) is 1. The van der Waals surface area contributed by atoms with E-state index in [1.807, 2.05) is 0 Å². The van der Waals surface area contributed by atoms with E-state index in [2.05, 4.69) is 5.32 Å². The first-order valence-electron chi connectivity index (χ1n) is 7.64. The van der Waals surface area contributed by atoms with Gasteiger partial charge in [0.15, 0.2) is 0 Å². The molecule has 1 amide bonds. The van der Waals surface area contributed by atoms with E-state index in [4.69, 9.17) is 4.74 Å². The van der Waals surface area contributed by atoms with Crippen LogP contribution in [-0.2, 0) is 4.79 Å². The number of halogens is 2.